The summed E-state index contributed by atoms with van der Waals surface area (Å²) in [6, 6.07) is 15.8. The van der Waals surface area contributed by atoms with Gasteiger partial charge in [0.15, 0.2) is 0 Å². The van der Waals surface area contributed by atoms with Crippen molar-refractivity contribution < 1.29 is 29.0 Å². The summed E-state index contributed by atoms with van der Waals surface area (Å²) < 4.78 is 11.1. The number of aliphatic carboxylic acids is 1. The van der Waals surface area contributed by atoms with Crippen LogP contribution in [0.4, 0.5) is 4.79 Å². The van der Waals surface area contributed by atoms with Crippen LogP contribution in [-0.4, -0.2) is 55.0 Å². The smallest absolute Gasteiger partial charge is 0.407 e. The zero-order valence-electron chi connectivity index (χ0n) is 18.5. The molecule has 0 aromatic heterocycles. The zero-order valence-corrected chi connectivity index (χ0v) is 18.5. The second-order valence-electron chi connectivity index (χ2n) is 8.60. The Hall–Kier alpha value is -3.39. The van der Waals surface area contributed by atoms with E-state index in [4.69, 9.17) is 14.6 Å². The number of amides is 2. The lowest BCUT2D eigenvalue weighted by atomic mass is 9.98. The second kappa shape index (κ2) is 10.0. The monoisotopic (exact) mass is 452 g/mol. The highest BCUT2D eigenvalue weighted by atomic mass is 16.5. The first-order chi connectivity index (χ1) is 15.9. The highest BCUT2D eigenvalue weighted by Crippen LogP contribution is 2.44. The van der Waals surface area contributed by atoms with Crippen LogP contribution in [-0.2, 0) is 19.1 Å². The predicted molar refractivity (Wildman–Crippen MR) is 121 cm³/mol. The SMILES string of the molecule is C[C@H](CC(=O)O)NC(=O)C1COC(CNC(=O)OCC2c3ccccc3-c3ccccc32)C1. The molecular formula is C25H28N2O6. The normalized spacial score (nSPS) is 19.9. The molecule has 2 aromatic rings. The Morgan fingerprint density at radius 3 is 2.36 bits per heavy atom. The van der Waals surface area contributed by atoms with Crippen LogP contribution in [0.1, 0.15) is 36.8 Å². The van der Waals surface area contributed by atoms with E-state index in [0.717, 1.165) is 11.1 Å². The highest BCUT2D eigenvalue weighted by Gasteiger charge is 2.32. The zero-order chi connectivity index (χ0) is 23.4. The number of carbonyl (C=O) groups excluding carboxylic acids is 2. The average molecular weight is 453 g/mol. The largest absolute Gasteiger partial charge is 0.481 e. The van der Waals surface area contributed by atoms with E-state index in [0.29, 0.717) is 6.42 Å². The molecule has 174 valence electrons. The molecule has 4 rings (SSSR count). The minimum atomic E-state index is -0.962. The summed E-state index contributed by atoms with van der Waals surface area (Å²) in [5, 5.41) is 14.2. The molecule has 2 aromatic carbocycles. The molecule has 2 amide bonds. The molecular weight excluding hydrogens is 424 g/mol. The fraction of sp³-hybridized carbons (Fsp3) is 0.400. The van der Waals surface area contributed by atoms with E-state index >= 15 is 0 Å². The number of hydrogen-bond acceptors (Lipinski definition) is 5. The van der Waals surface area contributed by atoms with E-state index in [-0.39, 0.29) is 50.0 Å². The van der Waals surface area contributed by atoms with E-state index in [9.17, 15) is 14.4 Å². The topological polar surface area (TPSA) is 114 Å². The van der Waals surface area contributed by atoms with Crippen molar-refractivity contribution in [1.29, 1.82) is 0 Å². The molecule has 2 unspecified atom stereocenters. The van der Waals surface area contributed by atoms with Gasteiger partial charge in [0.1, 0.15) is 6.61 Å². The van der Waals surface area contributed by atoms with Crippen molar-refractivity contribution in [2.24, 2.45) is 5.92 Å². The van der Waals surface area contributed by atoms with Gasteiger partial charge in [-0.15, -0.1) is 0 Å². The Morgan fingerprint density at radius 1 is 1.09 bits per heavy atom. The third-order valence-corrected chi connectivity index (χ3v) is 6.14. The fourth-order valence-electron chi connectivity index (χ4n) is 4.55. The van der Waals surface area contributed by atoms with Crippen LogP contribution in [0.25, 0.3) is 11.1 Å². The Morgan fingerprint density at radius 2 is 1.73 bits per heavy atom. The van der Waals surface area contributed by atoms with Crippen LogP contribution in [0.3, 0.4) is 0 Å². The van der Waals surface area contributed by atoms with Gasteiger partial charge >= 0.3 is 12.1 Å². The van der Waals surface area contributed by atoms with Crippen LogP contribution in [0, 0.1) is 5.92 Å². The summed E-state index contributed by atoms with van der Waals surface area (Å²) in [7, 11) is 0. The molecule has 3 atom stereocenters. The maximum absolute atomic E-state index is 12.3. The van der Waals surface area contributed by atoms with E-state index < -0.39 is 18.1 Å². The van der Waals surface area contributed by atoms with Crippen LogP contribution in [0.2, 0.25) is 0 Å². The number of alkyl carbamates (subject to hydrolysis) is 1. The van der Waals surface area contributed by atoms with E-state index in [1.807, 2.05) is 24.3 Å². The van der Waals surface area contributed by atoms with Gasteiger partial charge in [-0.2, -0.15) is 0 Å². The molecule has 3 N–H and O–H groups in total. The van der Waals surface area contributed by atoms with Crippen LogP contribution < -0.4 is 10.6 Å². The number of nitrogens with one attached hydrogen (secondary N) is 2. The molecule has 1 aliphatic carbocycles. The summed E-state index contributed by atoms with van der Waals surface area (Å²) in [6.45, 7) is 2.36. The third kappa shape index (κ3) is 5.34. The summed E-state index contributed by atoms with van der Waals surface area (Å²) in [4.78, 5) is 35.3. The Kier molecular flexibility index (Phi) is 6.93. The minimum absolute atomic E-state index is 0.00764. The second-order valence-corrected chi connectivity index (χ2v) is 8.60. The van der Waals surface area contributed by atoms with Crippen molar-refractivity contribution in [2.75, 3.05) is 19.8 Å². The molecule has 8 heteroatoms. The lowest BCUT2D eigenvalue weighted by Crippen LogP contribution is -2.39. The molecule has 1 heterocycles. The molecule has 1 fully saturated rings. The van der Waals surface area contributed by atoms with Crippen LogP contribution >= 0.6 is 0 Å². The molecule has 8 nitrogen and oxygen atoms in total. The van der Waals surface area contributed by atoms with E-state index in [1.165, 1.54) is 11.1 Å². The van der Waals surface area contributed by atoms with Gasteiger partial charge in [0, 0.05) is 18.5 Å². The molecule has 33 heavy (non-hydrogen) atoms. The maximum atomic E-state index is 12.3. The van der Waals surface area contributed by atoms with Crippen molar-refractivity contribution >= 4 is 18.0 Å². The van der Waals surface area contributed by atoms with Crippen LogP contribution in [0.15, 0.2) is 48.5 Å². The lowest BCUT2D eigenvalue weighted by molar-refractivity contribution is -0.137. The fourth-order valence-corrected chi connectivity index (χ4v) is 4.55. The first-order valence-electron chi connectivity index (χ1n) is 11.1. The summed E-state index contributed by atoms with van der Waals surface area (Å²) in [5.74, 6) is -1.56. The Labute approximate surface area is 192 Å². The molecule has 1 saturated heterocycles. The van der Waals surface area contributed by atoms with Crippen molar-refractivity contribution in [1.82, 2.24) is 10.6 Å². The minimum Gasteiger partial charge on any atom is -0.481 e. The average Bonchev–Trinajstić information content (AvgIpc) is 3.39. The molecule has 0 spiro atoms. The molecule has 0 radical (unpaired) electrons. The molecule has 0 bridgehead atoms. The number of carboxylic acids is 1. The highest BCUT2D eigenvalue weighted by molar-refractivity contribution is 5.80. The van der Waals surface area contributed by atoms with Crippen molar-refractivity contribution in [3.63, 3.8) is 0 Å². The van der Waals surface area contributed by atoms with Gasteiger partial charge in [0.25, 0.3) is 0 Å². The van der Waals surface area contributed by atoms with E-state index in [1.54, 1.807) is 6.92 Å². The van der Waals surface area contributed by atoms with Crippen molar-refractivity contribution in [2.45, 2.75) is 37.8 Å². The quantitative estimate of drug-likeness (QED) is 0.568. The number of benzene rings is 2. The lowest BCUT2D eigenvalue weighted by Gasteiger charge is -2.16. The Balaban J connectivity index is 1.23. The standard InChI is InChI=1S/C25H28N2O6/c1-15(10-23(28)29)27-24(30)16-11-17(32-13-16)12-26-25(31)33-14-22-20-8-4-2-6-18(20)19-7-3-5-9-21(19)22/h2-9,15-17,22H,10-14H2,1H3,(H,26,31)(H,27,30)(H,28,29)/t15-,16?,17?/m1/s1. The summed E-state index contributed by atoms with van der Waals surface area (Å²) >= 11 is 0. The number of hydrogen-bond donors (Lipinski definition) is 3. The van der Waals surface area contributed by atoms with Gasteiger partial charge in [0.2, 0.25) is 5.91 Å². The number of carbonyl (C=O) groups is 3. The van der Waals surface area contributed by atoms with Crippen molar-refractivity contribution in [3.05, 3.63) is 59.7 Å². The number of ether oxygens (including phenoxy) is 2. The van der Waals surface area contributed by atoms with Gasteiger partial charge in [0.05, 0.1) is 25.0 Å². The molecule has 0 saturated carbocycles. The van der Waals surface area contributed by atoms with Crippen LogP contribution in [0.5, 0.6) is 0 Å². The third-order valence-electron chi connectivity index (χ3n) is 6.14. The number of carboxylic acid groups (broad SMARTS) is 1. The molecule has 2 aliphatic rings. The number of rotatable bonds is 8. The first kappa shape index (κ1) is 22.8. The van der Waals surface area contributed by atoms with Gasteiger partial charge < -0.3 is 25.2 Å². The predicted octanol–water partition coefficient (Wildman–Crippen LogP) is 2.91. The van der Waals surface area contributed by atoms with Gasteiger partial charge in [-0.05, 0) is 35.6 Å². The van der Waals surface area contributed by atoms with Crippen molar-refractivity contribution in [3.8, 4) is 11.1 Å². The summed E-state index contributed by atoms with van der Waals surface area (Å²) in [5.41, 5.74) is 4.64. The first-order valence-corrected chi connectivity index (χ1v) is 11.1. The Bertz CT molecular complexity index is 994. The summed E-state index contributed by atoms with van der Waals surface area (Å²) in [6.07, 6.45) is -0.499. The van der Waals surface area contributed by atoms with Gasteiger partial charge in [-0.25, -0.2) is 4.79 Å². The number of fused-ring (bicyclic) bond motifs is 3. The maximum Gasteiger partial charge on any atom is 0.407 e. The van der Waals surface area contributed by atoms with E-state index in [2.05, 4.69) is 34.9 Å². The van der Waals surface area contributed by atoms with Gasteiger partial charge in [-0.3, -0.25) is 9.59 Å². The molecule has 1 aliphatic heterocycles. The van der Waals surface area contributed by atoms with Gasteiger partial charge in [-0.1, -0.05) is 48.5 Å².